The lowest BCUT2D eigenvalue weighted by Gasteiger charge is -2.19. The second kappa shape index (κ2) is 6.69. The number of nitrogens with zero attached hydrogens (tertiary/aromatic N) is 2. The molecule has 21 heavy (non-hydrogen) atoms. The molecule has 0 aromatic heterocycles. The van der Waals surface area contributed by atoms with E-state index in [2.05, 4.69) is 10.6 Å². The minimum Gasteiger partial charge on any atom is -0.368 e. The summed E-state index contributed by atoms with van der Waals surface area (Å²) in [5.74, 6) is -0.623. The third-order valence-electron chi connectivity index (χ3n) is 2.87. The highest BCUT2D eigenvalue weighted by atomic mass is 16.6. The Hall–Kier alpha value is -2.64. The Bertz CT molecular complexity index is 571. The van der Waals surface area contributed by atoms with Crippen LogP contribution in [0.2, 0.25) is 0 Å². The summed E-state index contributed by atoms with van der Waals surface area (Å²) < 4.78 is 0. The van der Waals surface area contributed by atoms with Crippen LogP contribution < -0.4 is 10.6 Å². The Labute approximate surface area is 122 Å². The molecule has 0 aliphatic rings. The molecule has 1 unspecified atom stereocenters. The van der Waals surface area contributed by atoms with Gasteiger partial charge in [0, 0.05) is 32.8 Å². The van der Waals surface area contributed by atoms with Gasteiger partial charge < -0.3 is 15.5 Å². The second-order valence-electron chi connectivity index (χ2n) is 4.67. The number of nitro benzene ring substituents is 1. The zero-order valence-electron chi connectivity index (χ0n) is 12.3. The van der Waals surface area contributed by atoms with Crippen LogP contribution in [0.3, 0.4) is 0 Å². The quantitative estimate of drug-likeness (QED) is 0.618. The molecule has 2 amide bonds. The number of nitrogens with one attached hydrogen (secondary N) is 2. The van der Waals surface area contributed by atoms with Crippen molar-refractivity contribution in [1.29, 1.82) is 0 Å². The van der Waals surface area contributed by atoms with Gasteiger partial charge in [-0.15, -0.1) is 0 Å². The number of nitro groups is 1. The van der Waals surface area contributed by atoms with Crippen LogP contribution in [0, 0.1) is 10.1 Å². The average Bonchev–Trinajstić information content (AvgIpc) is 2.45. The molecule has 1 aromatic rings. The van der Waals surface area contributed by atoms with Gasteiger partial charge in [-0.05, 0) is 19.1 Å². The SMILES string of the molecule is CNC(=O)c1ccc(NC(C)C(=O)N(C)C)c([N+](=O)[O-])c1. The zero-order valence-corrected chi connectivity index (χ0v) is 12.3. The van der Waals surface area contributed by atoms with Crippen molar-refractivity contribution in [1.82, 2.24) is 10.2 Å². The fourth-order valence-corrected chi connectivity index (χ4v) is 1.77. The average molecular weight is 294 g/mol. The molecule has 0 fully saturated rings. The minimum absolute atomic E-state index is 0.182. The summed E-state index contributed by atoms with van der Waals surface area (Å²) in [4.78, 5) is 35.2. The van der Waals surface area contributed by atoms with E-state index in [1.54, 1.807) is 21.0 Å². The van der Waals surface area contributed by atoms with Crippen LogP contribution in [-0.2, 0) is 4.79 Å². The van der Waals surface area contributed by atoms with Crippen molar-refractivity contribution in [2.75, 3.05) is 26.5 Å². The van der Waals surface area contributed by atoms with Crippen LogP contribution >= 0.6 is 0 Å². The Morgan fingerprint density at radius 1 is 1.33 bits per heavy atom. The van der Waals surface area contributed by atoms with E-state index in [4.69, 9.17) is 0 Å². The maximum absolute atomic E-state index is 11.8. The molecule has 2 N–H and O–H groups in total. The number of likely N-dealkylation sites (N-methyl/N-ethyl adjacent to an activating group) is 1. The fourth-order valence-electron chi connectivity index (χ4n) is 1.77. The summed E-state index contributed by atoms with van der Waals surface area (Å²) in [6.45, 7) is 1.61. The first-order chi connectivity index (χ1) is 9.77. The van der Waals surface area contributed by atoms with Crippen molar-refractivity contribution < 1.29 is 14.5 Å². The molecule has 0 heterocycles. The number of anilines is 1. The van der Waals surface area contributed by atoms with E-state index < -0.39 is 16.9 Å². The maximum atomic E-state index is 11.8. The first kappa shape index (κ1) is 16.4. The highest BCUT2D eigenvalue weighted by Crippen LogP contribution is 2.26. The fraction of sp³-hybridized carbons (Fsp3) is 0.385. The van der Waals surface area contributed by atoms with Gasteiger partial charge in [-0.1, -0.05) is 0 Å². The minimum atomic E-state index is -0.621. The van der Waals surface area contributed by atoms with Crippen molar-refractivity contribution in [2.24, 2.45) is 0 Å². The molecular formula is C13H18N4O4. The molecule has 1 aromatic carbocycles. The van der Waals surface area contributed by atoms with Crippen molar-refractivity contribution in [3.05, 3.63) is 33.9 Å². The van der Waals surface area contributed by atoms with Crippen molar-refractivity contribution in [2.45, 2.75) is 13.0 Å². The summed E-state index contributed by atoms with van der Waals surface area (Å²) in [5, 5.41) is 16.3. The van der Waals surface area contributed by atoms with Gasteiger partial charge in [0.05, 0.1) is 4.92 Å². The monoisotopic (exact) mass is 294 g/mol. The van der Waals surface area contributed by atoms with Gasteiger partial charge in [-0.25, -0.2) is 0 Å². The summed E-state index contributed by atoms with van der Waals surface area (Å²) in [6, 6.07) is 3.43. The Morgan fingerprint density at radius 3 is 2.43 bits per heavy atom. The van der Waals surface area contributed by atoms with Crippen LogP contribution in [0.15, 0.2) is 18.2 Å². The van der Waals surface area contributed by atoms with E-state index >= 15 is 0 Å². The van der Waals surface area contributed by atoms with Gasteiger partial charge in [-0.2, -0.15) is 0 Å². The lowest BCUT2D eigenvalue weighted by atomic mass is 10.1. The number of rotatable bonds is 5. The number of hydrogen-bond donors (Lipinski definition) is 2. The van der Waals surface area contributed by atoms with Gasteiger partial charge in [0.1, 0.15) is 11.7 Å². The third kappa shape index (κ3) is 3.91. The first-order valence-corrected chi connectivity index (χ1v) is 6.26. The summed E-state index contributed by atoms with van der Waals surface area (Å²) in [7, 11) is 4.64. The molecular weight excluding hydrogens is 276 g/mol. The molecule has 0 radical (unpaired) electrons. The molecule has 8 heteroatoms. The van der Waals surface area contributed by atoms with Gasteiger partial charge in [0.15, 0.2) is 0 Å². The van der Waals surface area contributed by atoms with E-state index in [9.17, 15) is 19.7 Å². The number of carbonyl (C=O) groups is 2. The topological polar surface area (TPSA) is 105 Å². The molecule has 1 rings (SSSR count). The van der Waals surface area contributed by atoms with Crippen molar-refractivity contribution in [3.8, 4) is 0 Å². The Balaban J connectivity index is 3.10. The Kier molecular flexibility index (Phi) is 5.23. The van der Waals surface area contributed by atoms with Crippen LogP contribution in [0.1, 0.15) is 17.3 Å². The molecule has 1 atom stereocenters. The maximum Gasteiger partial charge on any atom is 0.293 e. The Morgan fingerprint density at radius 2 is 1.95 bits per heavy atom. The molecule has 8 nitrogen and oxygen atoms in total. The van der Waals surface area contributed by atoms with Crippen LogP contribution in [0.25, 0.3) is 0 Å². The number of benzene rings is 1. The molecule has 0 aliphatic heterocycles. The lowest BCUT2D eigenvalue weighted by molar-refractivity contribution is -0.384. The van der Waals surface area contributed by atoms with E-state index in [0.717, 1.165) is 0 Å². The number of hydrogen-bond acceptors (Lipinski definition) is 5. The molecule has 0 saturated carbocycles. The summed E-state index contributed by atoms with van der Waals surface area (Å²) >= 11 is 0. The third-order valence-corrected chi connectivity index (χ3v) is 2.87. The van der Waals surface area contributed by atoms with Crippen LogP contribution in [0.4, 0.5) is 11.4 Å². The van der Waals surface area contributed by atoms with Crippen molar-refractivity contribution >= 4 is 23.2 Å². The molecule has 0 spiro atoms. The largest absolute Gasteiger partial charge is 0.368 e. The van der Waals surface area contributed by atoms with Gasteiger partial charge in [0.2, 0.25) is 5.91 Å². The van der Waals surface area contributed by atoms with E-state index in [1.807, 2.05) is 0 Å². The predicted octanol–water partition coefficient (Wildman–Crippen LogP) is 0.843. The predicted molar refractivity (Wildman–Crippen MR) is 78.3 cm³/mol. The number of amides is 2. The first-order valence-electron chi connectivity index (χ1n) is 6.26. The van der Waals surface area contributed by atoms with E-state index in [-0.39, 0.29) is 22.8 Å². The highest BCUT2D eigenvalue weighted by molar-refractivity contribution is 5.95. The smallest absolute Gasteiger partial charge is 0.293 e. The van der Waals surface area contributed by atoms with Gasteiger partial charge >= 0.3 is 0 Å². The molecule has 0 aliphatic carbocycles. The van der Waals surface area contributed by atoms with E-state index in [0.29, 0.717) is 0 Å². The molecule has 0 saturated heterocycles. The van der Waals surface area contributed by atoms with Gasteiger partial charge in [-0.3, -0.25) is 19.7 Å². The van der Waals surface area contributed by atoms with Crippen LogP contribution in [-0.4, -0.2) is 48.8 Å². The lowest BCUT2D eigenvalue weighted by Crippen LogP contribution is -2.36. The molecule has 0 bridgehead atoms. The summed E-state index contributed by atoms with van der Waals surface area (Å²) in [5.41, 5.74) is 0.117. The second-order valence-corrected chi connectivity index (χ2v) is 4.67. The molecule has 114 valence electrons. The summed E-state index contributed by atoms with van der Waals surface area (Å²) in [6.07, 6.45) is 0. The van der Waals surface area contributed by atoms with E-state index in [1.165, 1.54) is 30.1 Å². The highest BCUT2D eigenvalue weighted by Gasteiger charge is 2.21. The van der Waals surface area contributed by atoms with Gasteiger partial charge in [0.25, 0.3) is 11.6 Å². The normalized spacial score (nSPS) is 11.4. The standard InChI is InChI=1S/C13H18N4O4/c1-8(13(19)16(3)4)15-10-6-5-9(12(18)14-2)7-11(10)17(20)21/h5-8,15H,1-4H3,(H,14,18). The zero-order chi connectivity index (χ0) is 16.2. The number of carbonyl (C=O) groups excluding carboxylic acids is 2. The van der Waals surface area contributed by atoms with Crippen molar-refractivity contribution in [3.63, 3.8) is 0 Å². The van der Waals surface area contributed by atoms with Crippen LogP contribution in [0.5, 0.6) is 0 Å².